The Labute approximate surface area is 50.0 Å². The van der Waals surface area contributed by atoms with E-state index < -0.39 is 25.3 Å². The second-order valence-electron chi connectivity index (χ2n) is 1.02. The zero-order valence-corrected chi connectivity index (χ0v) is 3.30. The number of hydrogen-bond acceptors (Lipinski definition) is 2. The molecule has 3 heteroatoms. The maximum absolute atomic E-state index is 10.3. The molecule has 42 valence electrons. The van der Waals surface area contributed by atoms with Gasteiger partial charge in [-0.2, -0.15) is 0 Å². The van der Waals surface area contributed by atoms with Crippen LogP contribution in [0.15, 0.2) is 0 Å². The van der Waals surface area contributed by atoms with Gasteiger partial charge < -0.3 is 10.2 Å². The third-order valence-corrected chi connectivity index (χ3v) is 0.310. The maximum atomic E-state index is 10.3. The van der Waals surface area contributed by atoms with Crippen LogP contribution in [0.25, 0.3) is 0 Å². The van der Waals surface area contributed by atoms with Gasteiger partial charge in [0.15, 0.2) is 5.60 Å². The fourth-order valence-corrected chi connectivity index (χ4v) is 0. The average molecular weight is 110 g/mol. The van der Waals surface area contributed by atoms with Gasteiger partial charge in [0.2, 0.25) is 0 Å². The third kappa shape index (κ3) is 2.17. The zero-order valence-electron chi connectivity index (χ0n) is 9.30. The lowest BCUT2D eigenvalue weighted by Gasteiger charge is -2.07. The van der Waals surface area contributed by atoms with Crippen molar-refractivity contribution >= 4 is 5.97 Å². The normalized spacial score (nSPS) is 27.6. The SMILES string of the molecule is [2H]C([2H])([2H])C(O)(C(=O)O)C([2H])([2H])[2H]. The molecular weight excluding hydrogens is 96.0 g/mol. The Balaban J connectivity index is 5.35. The number of carboxylic acid groups (broad SMARTS) is 1. The van der Waals surface area contributed by atoms with Crippen LogP contribution in [0.5, 0.6) is 0 Å². The molecule has 0 saturated carbocycles. The minimum atomic E-state index is -3.71. The smallest absolute Gasteiger partial charge is 0.335 e. The van der Waals surface area contributed by atoms with Crippen molar-refractivity contribution in [3.8, 4) is 0 Å². The first-order valence-corrected chi connectivity index (χ1v) is 1.40. The van der Waals surface area contributed by atoms with E-state index in [0.29, 0.717) is 0 Å². The molecule has 0 amide bonds. The fourth-order valence-electron chi connectivity index (χ4n) is 0. The first-order chi connectivity index (χ1) is 5.44. The minimum Gasteiger partial charge on any atom is -0.479 e. The minimum absolute atomic E-state index is 2.28. The molecule has 7 heavy (non-hydrogen) atoms. The molecule has 0 fully saturated rings. The van der Waals surface area contributed by atoms with E-state index >= 15 is 0 Å². The molecule has 0 bridgehead atoms. The number of carbonyl (C=O) groups is 1. The summed E-state index contributed by atoms with van der Waals surface area (Å²) < 4.78 is 39.7. The summed E-state index contributed by atoms with van der Waals surface area (Å²) in [5.74, 6) is -2.28. The van der Waals surface area contributed by atoms with Gasteiger partial charge in [-0.3, -0.25) is 0 Å². The van der Waals surface area contributed by atoms with Crippen molar-refractivity contribution in [1.82, 2.24) is 0 Å². The Morgan fingerprint density at radius 3 is 2.29 bits per heavy atom. The zero-order chi connectivity index (χ0) is 11.1. The summed E-state index contributed by atoms with van der Waals surface area (Å²) in [6.45, 7) is -6.99. The summed E-state index contributed by atoms with van der Waals surface area (Å²) in [5.41, 5.74) is -3.71. The van der Waals surface area contributed by atoms with Crippen LogP contribution in [-0.4, -0.2) is 21.8 Å². The lowest BCUT2D eigenvalue weighted by molar-refractivity contribution is -0.154. The fraction of sp³-hybridized carbons (Fsp3) is 0.750. The molecule has 0 aliphatic heterocycles. The molecule has 0 saturated heterocycles. The van der Waals surface area contributed by atoms with Gasteiger partial charge in [0.25, 0.3) is 0 Å². The summed E-state index contributed by atoms with van der Waals surface area (Å²) in [7, 11) is 0. The highest BCUT2D eigenvalue weighted by Crippen LogP contribution is 1.97. The van der Waals surface area contributed by atoms with Gasteiger partial charge in [-0.25, -0.2) is 4.79 Å². The van der Waals surface area contributed by atoms with Crippen LogP contribution >= 0.6 is 0 Å². The largest absolute Gasteiger partial charge is 0.479 e. The van der Waals surface area contributed by atoms with E-state index in [9.17, 15) is 4.79 Å². The van der Waals surface area contributed by atoms with Gasteiger partial charge >= 0.3 is 5.97 Å². The van der Waals surface area contributed by atoms with Crippen molar-refractivity contribution < 1.29 is 23.2 Å². The highest BCUT2D eigenvalue weighted by molar-refractivity contribution is 5.75. The molecule has 0 aromatic rings. The van der Waals surface area contributed by atoms with E-state index in [1.165, 1.54) is 0 Å². The van der Waals surface area contributed by atoms with Crippen molar-refractivity contribution in [1.29, 1.82) is 0 Å². The first kappa shape index (κ1) is 1.45. The molecule has 0 radical (unpaired) electrons. The molecule has 0 spiro atoms. The quantitative estimate of drug-likeness (QED) is 0.493. The van der Waals surface area contributed by atoms with Gasteiger partial charge in [-0.15, -0.1) is 0 Å². The van der Waals surface area contributed by atoms with Gasteiger partial charge in [0.1, 0.15) is 0 Å². The highest BCUT2D eigenvalue weighted by atomic mass is 16.4. The van der Waals surface area contributed by atoms with E-state index in [4.69, 9.17) is 18.4 Å². The van der Waals surface area contributed by atoms with E-state index in [0.717, 1.165) is 0 Å². The van der Waals surface area contributed by atoms with Crippen molar-refractivity contribution in [2.24, 2.45) is 0 Å². The average Bonchev–Trinajstić information content (AvgIpc) is 1.80. The molecule has 0 heterocycles. The molecule has 3 nitrogen and oxygen atoms in total. The second-order valence-corrected chi connectivity index (χ2v) is 1.02. The van der Waals surface area contributed by atoms with Crippen molar-refractivity contribution in [2.45, 2.75) is 19.3 Å². The maximum Gasteiger partial charge on any atom is 0.335 e. The van der Waals surface area contributed by atoms with Crippen LogP contribution in [0.2, 0.25) is 0 Å². The predicted octanol–water partition coefficient (Wildman–Crippen LogP) is -0.158. The summed E-state index contributed by atoms with van der Waals surface area (Å²) in [6, 6.07) is 0. The molecule has 0 rings (SSSR count). The van der Waals surface area contributed by atoms with Crippen molar-refractivity contribution in [3.05, 3.63) is 0 Å². The van der Waals surface area contributed by atoms with E-state index in [-0.39, 0.29) is 0 Å². The van der Waals surface area contributed by atoms with Gasteiger partial charge in [-0.05, 0) is 13.7 Å². The third-order valence-electron chi connectivity index (χ3n) is 0.310. The van der Waals surface area contributed by atoms with E-state index in [1.54, 1.807) is 0 Å². The first-order valence-electron chi connectivity index (χ1n) is 4.40. The molecule has 0 aliphatic carbocycles. The Bertz CT molecular complexity index is 201. The lowest BCUT2D eigenvalue weighted by atomic mass is 10.1. The van der Waals surface area contributed by atoms with Gasteiger partial charge in [-0.1, -0.05) is 0 Å². The molecule has 0 aliphatic rings. The van der Waals surface area contributed by atoms with Crippen molar-refractivity contribution in [2.75, 3.05) is 0 Å². The van der Waals surface area contributed by atoms with Crippen LogP contribution in [-0.2, 0) is 4.79 Å². The molecule has 0 atom stereocenters. The van der Waals surface area contributed by atoms with E-state index in [2.05, 4.69) is 0 Å². The Kier molecular flexibility index (Phi) is 0.311. The van der Waals surface area contributed by atoms with Crippen LogP contribution in [0.1, 0.15) is 21.9 Å². The molecule has 0 unspecified atom stereocenters. The monoisotopic (exact) mass is 110 g/mol. The standard InChI is InChI=1S/C4H8O3/c1-4(2,7)3(5)6/h7H,1-2H3,(H,5,6)/i1D3,2D3. The summed E-state index contributed by atoms with van der Waals surface area (Å²) in [5, 5.41) is 17.4. The number of rotatable bonds is 1. The highest BCUT2D eigenvalue weighted by Gasteiger charge is 2.21. The van der Waals surface area contributed by atoms with Crippen LogP contribution in [0.3, 0.4) is 0 Å². The summed E-state index contributed by atoms with van der Waals surface area (Å²) in [6.07, 6.45) is 0. The summed E-state index contributed by atoms with van der Waals surface area (Å²) >= 11 is 0. The Morgan fingerprint density at radius 1 is 1.86 bits per heavy atom. The topological polar surface area (TPSA) is 57.5 Å². The van der Waals surface area contributed by atoms with Crippen LogP contribution in [0.4, 0.5) is 0 Å². The molecule has 0 aromatic carbocycles. The summed E-state index contributed by atoms with van der Waals surface area (Å²) in [4.78, 5) is 10.3. The Hall–Kier alpha value is -0.570. The van der Waals surface area contributed by atoms with Crippen LogP contribution < -0.4 is 0 Å². The Morgan fingerprint density at radius 2 is 2.29 bits per heavy atom. The van der Waals surface area contributed by atoms with Crippen molar-refractivity contribution in [3.63, 3.8) is 0 Å². The molecule has 2 N–H and O–H groups in total. The second kappa shape index (κ2) is 1.50. The van der Waals surface area contributed by atoms with Gasteiger partial charge in [0, 0.05) is 8.22 Å². The predicted molar refractivity (Wildman–Crippen MR) is 23.9 cm³/mol. The number of aliphatic carboxylic acids is 1. The molecular formula is C4H8O3. The number of aliphatic hydroxyl groups is 1. The van der Waals surface area contributed by atoms with E-state index in [1.807, 2.05) is 0 Å². The van der Waals surface area contributed by atoms with Gasteiger partial charge in [0.05, 0.1) is 0 Å². The van der Waals surface area contributed by atoms with Crippen LogP contribution in [0, 0.1) is 0 Å². The molecule has 0 aromatic heterocycles. The number of carboxylic acids is 1. The number of hydrogen-bond donors (Lipinski definition) is 2. The lowest BCUT2D eigenvalue weighted by Crippen LogP contribution is -2.30.